The normalized spacial score (nSPS) is 23.6. The van der Waals surface area contributed by atoms with Crippen molar-refractivity contribution in [3.63, 3.8) is 0 Å². The first-order valence-electron chi connectivity index (χ1n) is 6.90. The van der Waals surface area contributed by atoms with Gasteiger partial charge in [0.2, 0.25) is 0 Å². The van der Waals surface area contributed by atoms with Crippen molar-refractivity contribution >= 4 is 11.8 Å². The van der Waals surface area contributed by atoms with Gasteiger partial charge in [0, 0.05) is 12.0 Å². The zero-order valence-corrected chi connectivity index (χ0v) is 11.3. The number of benzene rings is 1. The Labute approximate surface area is 113 Å². The highest BCUT2D eigenvalue weighted by atomic mass is 16.6. The molecule has 4 nitrogen and oxygen atoms in total. The maximum Gasteiger partial charge on any atom is 0.276 e. The van der Waals surface area contributed by atoms with Crippen molar-refractivity contribution in [2.75, 3.05) is 19.6 Å². The minimum Gasteiger partial charge on any atom is -0.331 e. The Morgan fingerprint density at radius 2 is 2.26 bits per heavy atom. The van der Waals surface area contributed by atoms with E-state index in [0.717, 1.165) is 12.5 Å². The van der Waals surface area contributed by atoms with E-state index < -0.39 is 0 Å². The average molecular weight is 261 g/mol. The van der Waals surface area contributed by atoms with E-state index in [1.807, 2.05) is 12.1 Å². The van der Waals surface area contributed by atoms with Gasteiger partial charge in [-0.25, -0.2) is 0 Å². The summed E-state index contributed by atoms with van der Waals surface area (Å²) in [6, 6.07) is 6.88. The van der Waals surface area contributed by atoms with Gasteiger partial charge in [-0.2, -0.15) is 0 Å². The second-order valence-electron chi connectivity index (χ2n) is 5.37. The summed E-state index contributed by atoms with van der Waals surface area (Å²) in [4.78, 5) is 12.1. The predicted molar refractivity (Wildman–Crippen MR) is 76.1 cm³/mol. The minimum atomic E-state index is -0.324. The summed E-state index contributed by atoms with van der Waals surface area (Å²) >= 11 is 0. The van der Waals surface area contributed by atoms with Gasteiger partial charge < -0.3 is 4.90 Å². The highest BCUT2D eigenvalue weighted by molar-refractivity contribution is 5.60. The van der Waals surface area contributed by atoms with Gasteiger partial charge in [-0.05, 0) is 31.1 Å². The Balaban J connectivity index is 1.97. The van der Waals surface area contributed by atoms with Crippen LogP contribution in [0, 0.1) is 16.0 Å². The van der Waals surface area contributed by atoms with Crippen molar-refractivity contribution in [2.45, 2.75) is 19.8 Å². The molecule has 1 aromatic carbocycles. The van der Waals surface area contributed by atoms with Crippen LogP contribution in [0.1, 0.15) is 25.3 Å². The molecule has 0 amide bonds. The van der Waals surface area contributed by atoms with Crippen molar-refractivity contribution in [1.82, 2.24) is 0 Å². The van der Waals surface area contributed by atoms with E-state index in [0.29, 0.717) is 5.56 Å². The van der Waals surface area contributed by atoms with E-state index in [9.17, 15) is 10.1 Å². The molecule has 0 radical (unpaired) electrons. The quantitative estimate of drug-likeness (QED) is 0.665. The zero-order chi connectivity index (χ0) is 13.7. The van der Waals surface area contributed by atoms with Crippen LogP contribution < -0.4 is 4.90 Å². The summed E-state index contributed by atoms with van der Waals surface area (Å²) in [5.41, 5.74) is 0.873. The fourth-order valence-electron chi connectivity index (χ4n) is 2.73. The van der Waals surface area contributed by atoms with Crippen molar-refractivity contribution in [3.05, 3.63) is 46.0 Å². The third-order valence-electron chi connectivity index (χ3n) is 3.70. The molecule has 1 fully saturated rings. The summed E-state index contributed by atoms with van der Waals surface area (Å²) in [5, 5.41) is 10.9. The SMILES string of the molecule is C[C@H]1CCC[NH+](C/C=C/c2ccccc2[N+](=O)[O-])C1. The van der Waals surface area contributed by atoms with Gasteiger partial charge in [-0.1, -0.05) is 19.1 Å². The molecule has 2 rings (SSSR count). The number of quaternary nitrogens is 1. The van der Waals surface area contributed by atoms with Gasteiger partial charge in [0.1, 0.15) is 0 Å². The number of hydrogen-bond donors (Lipinski definition) is 1. The molecule has 102 valence electrons. The lowest BCUT2D eigenvalue weighted by molar-refractivity contribution is -0.902. The molecule has 1 aliphatic heterocycles. The third-order valence-corrected chi connectivity index (χ3v) is 3.70. The van der Waals surface area contributed by atoms with Gasteiger partial charge in [0.15, 0.2) is 0 Å². The fourth-order valence-corrected chi connectivity index (χ4v) is 2.73. The molecule has 1 heterocycles. The maximum atomic E-state index is 10.9. The molecule has 2 atom stereocenters. The number of para-hydroxylation sites is 1. The smallest absolute Gasteiger partial charge is 0.276 e. The molecule has 1 saturated heterocycles. The molecule has 0 spiro atoms. The number of nitro groups is 1. The van der Waals surface area contributed by atoms with E-state index >= 15 is 0 Å². The first-order chi connectivity index (χ1) is 9.16. The standard InChI is InChI=1S/C15H20N2O2/c1-13-6-4-10-16(12-13)11-5-8-14-7-2-3-9-15(14)17(18)19/h2-3,5,7-9,13H,4,6,10-12H2,1H3/p+1/b8-5+/t13-/m0/s1. The first kappa shape index (κ1) is 13.7. The van der Waals surface area contributed by atoms with Crippen molar-refractivity contribution in [3.8, 4) is 0 Å². The maximum absolute atomic E-state index is 10.9. The van der Waals surface area contributed by atoms with E-state index in [4.69, 9.17) is 0 Å². The number of hydrogen-bond acceptors (Lipinski definition) is 2. The lowest BCUT2D eigenvalue weighted by atomic mass is 10.0. The topological polar surface area (TPSA) is 47.6 Å². The van der Waals surface area contributed by atoms with E-state index in [-0.39, 0.29) is 10.6 Å². The lowest BCUT2D eigenvalue weighted by Gasteiger charge is -2.26. The highest BCUT2D eigenvalue weighted by Gasteiger charge is 2.18. The molecule has 1 aliphatic rings. The van der Waals surface area contributed by atoms with Gasteiger partial charge in [0.25, 0.3) is 5.69 Å². The third kappa shape index (κ3) is 3.89. The molecule has 0 aromatic heterocycles. The summed E-state index contributed by atoms with van der Waals surface area (Å²) in [5.74, 6) is 0.795. The average Bonchev–Trinajstić information content (AvgIpc) is 2.39. The zero-order valence-electron chi connectivity index (χ0n) is 11.3. The number of piperidine rings is 1. The molecular formula is C15H21N2O2+. The van der Waals surface area contributed by atoms with Crippen LogP contribution in [0.4, 0.5) is 5.69 Å². The van der Waals surface area contributed by atoms with Crippen LogP contribution in [0.5, 0.6) is 0 Å². The Morgan fingerprint density at radius 3 is 3.00 bits per heavy atom. The van der Waals surface area contributed by atoms with Crippen LogP contribution in [-0.4, -0.2) is 24.6 Å². The van der Waals surface area contributed by atoms with Crippen LogP contribution in [0.15, 0.2) is 30.3 Å². The molecule has 19 heavy (non-hydrogen) atoms. The van der Waals surface area contributed by atoms with E-state index in [1.54, 1.807) is 23.1 Å². The van der Waals surface area contributed by atoms with Crippen LogP contribution >= 0.6 is 0 Å². The fraction of sp³-hybridized carbons (Fsp3) is 0.467. The van der Waals surface area contributed by atoms with Crippen molar-refractivity contribution in [1.29, 1.82) is 0 Å². The first-order valence-corrected chi connectivity index (χ1v) is 6.90. The summed E-state index contributed by atoms with van der Waals surface area (Å²) in [6.45, 7) is 5.67. The summed E-state index contributed by atoms with van der Waals surface area (Å²) in [6.07, 6.45) is 6.56. The van der Waals surface area contributed by atoms with Crippen LogP contribution in [0.2, 0.25) is 0 Å². The Kier molecular flexibility index (Phi) is 4.68. The molecule has 0 bridgehead atoms. The van der Waals surface area contributed by atoms with E-state index in [2.05, 4.69) is 13.0 Å². The minimum absolute atomic E-state index is 0.181. The summed E-state index contributed by atoms with van der Waals surface area (Å²) < 4.78 is 0. The van der Waals surface area contributed by atoms with Gasteiger partial charge >= 0.3 is 0 Å². The molecule has 4 heteroatoms. The van der Waals surface area contributed by atoms with Gasteiger partial charge in [-0.3, -0.25) is 10.1 Å². The van der Waals surface area contributed by atoms with Crippen LogP contribution in [0.25, 0.3) is 6.08 Å². The lowest BCUT2D eigenvalue weighted by Crippen LogP contribution is -3.13. The highest BCUT2D eigenvalue weighted by Crippen LogP contribution is 2.18. The van der Waals surface area contributed by atoms with Gasteiger partial charge in [0.05, 0.1) is 30.1 Å². The molecule has 0 saturated carbocycles. The van der Waals surface area contributed by atoms with E-state index in [1.165, 1.54) is 25.9 Å². The largest absolute Gasteiger partial charge is 0.331 e. The number of nitro benzene ring substituents is 1. The molecule has 1 unspecified atom stereocenters. The van der Waals surface area contributed by atoms with Crippen LogP contribution in [0.3, 0.4) is 0 Å². The van der Waals surface area contributed by atoms with Crippen molar-refractivity contribution < 1.29 is 9.82 Å². The summed E-state index contributed by atoms with van der Waals surface area (Å²) in [7, 11) is 0. The van der Waals surface area contributed by atoms with Crippen molar-refractivity contribution in [2.24, 2.45) is 5.92 Å². The second-order valence-corrected chi connectivity index (χ2v) is 5.37. The van der Waals surface area contributed by atoms with Crippen LogP contribution in [-0.2, 0) is 0 Å². The monoisotopic (exact) mass is 261 g/mol. The molecular weight excluding hydrogens is 240 g/mol. The predicted octanol–water partition coefficient (Wildman–Crippen LogP) is 1.92. The molecule has 1 aromatic rings. The molecule has 0 aliphatic carbocycles. The Bertz CT molecular complexity index is 471. The Hall–Kier alpha value is -1.68. The Morgan fingerprint density at radius 1 is 1.47 bits per heavy atom. The number of nitrogens with one attached hydrogen (secondary N) is 1. The number of rotatable bonds is 4. The van der Waals surface area contributed by atoms with Gasteiger partial charge in [-0.15, -0.1) is 0 Å². The number of nitrogens with zero attached hydrogens (tertiary/aromatic N) is 1. The number of likely N-dealkylation sites (tertiary alicyclic amines) is 1. The second kappa shape index (κ2) is 6.48. The molecule has 1 N–H and O–H groups in total.